The number of rotatable bonds is 8. The summed E-state index contributed by atoms with van der Waals surface area (Å²) in [6.07, 6.45) is 0.969. The van der Waals surface area contributed by atoms with E-state index in [1.807, 2.05) is 20.8 Å². The van der Waals surface area contributed by atoms with E-state index in [1.54, 1.807) is 31.2 Å². The summed E-state index contributed by atoms with van der Waals surface area (Å²) < 4.78 is 26.1. The SMILES string of the molecule is C[C@H](C(=O)NC(C)(C)C)N(Cc1ccc(Cl)cc1)C(=O)CN(c1cccc(Cl)c1Cl)S(C)(=O)=O. The van der Waals surface area contributed by atoms with Crippen molar-refractivity contribution in [3.8, 4) is 0 Å². The number of amides is 2. The van der Waals surface area contributed by atoms with Gasteiger partial charge >= 0.3 is 0 Å². The Kier molecular flexibility index (Phi) is 9.27. The Balaban J connectivity index is 2.44. The molecular formula is C23H28Cl3N3O4S. The van der Waals surface area contributed by atoms with Crippen LogP contribution in [-0.4, -0.2) is 49.5 Å². The molecule has 2 aromatic rings. The van der Waals surface area contributed by atoms with Gasteiger partial charge in [-0.3, -0.25) is 13.9 Å². The second kappa shape index (κ2) is 11.2. The summed E-state index contributed by atoms with van der Waals surface area (Å²) in [5, 5.41) is 3.54. The smallest absolute Gasteiger partial charge is 0.244 e. The van der Waals surface area contributed by atoms with Gasteiger partial charge < -0.3 is 10.2 Å². The fourth-order valence-electron chi connectivity index (χ4n) is 3.12. The van der Waals surface area contributed by atoms with Gasteiger partial charge in [0, 0.05) is 17.1 Å². The van der Waals surface area contributed by atoms with Gasteiger partial charge in [-0.1, -0.05) is 53.0 Å². The fourth-order valence-corrected chi connectivity index (χ4v) is 4.55. The van der Waals surface area contributed by atoms with Crippen LogP contribution in [0, 0.1) is 0 Å². The van der Waals surface area contributed by atoms with Gasteiger partial charge in [0.2, 0.25) is 21.8 Å². The van der Waals surface area contributed by atoms with Crippen molar-refractivity contribution in [2.75, 3.05) is 17.1 Å². The van der Waals surface area contributed by atoms with E-state index in [1.165, 1.54) is 23.1 Å². The number of anilines is 1. The number of carbonyl (C=O) groups is 2. The molecule has 2 amide bonds. The first-order valence-corrected chi connectivity index (χ1v) is 13.4. The zero-order valence-corrected chi connectivity index (χ0v) is 22.7. The van der Waals surface area contributed by atoms with Crippen molar-refractivity contribution in [3.05, 3.63) is 63.1 Å². The summed E-state index contributed by atoms with van der Waals surface area (Å²) in [6.45, 7) is 6.57. The molecule has 0 aliphatic rings. The van der Waals surface area contributed by atoms with Crippen LogP contribution in [0.1, 0.15) is 33.3 Å². The molecular weight excluding hydrogens is 521 g/mol. The van der Waals surface area contributed by atoms with E-state index >= 15 is 0 Å². The molecule has 11 heteroatoms. The van der Waals surface area contributed by atoms with E-state index in [9.17, 15) is 18.0 Å². The Hall–Kier alpha value is -2.00. The standard InChI is InChI=1S/C23H28Cl3N3O4S/c1-15(22(31)27-23(2,3)4)28(13-16-9-11-17(24)12-10-16)20(30)14-29(34(5,32)33)19-8-6-7-18(25)21(19)26/h6-12,15H,13-14H2,1-5H3,(H,27,31)/t15-/m1/s1. The molecule has 0 spiro atoms. The second-order valence-electron chi connectivity index (χ2n) is 8.91. The molecule has 1 N–H and O–H groups in total. The maximum Gasteiger partial charge on any atom is 0.244 e. The molecule has 0 aromatic heterocycles. The highest BCUT2D eigenvalue weighted by Gasteiger charge is 2.32. The van der Waals surface area contributed by atoms with E-state index in [0.29, 0.717) is 5.02 Å². The summed E-state index contributed by atoms with van der Waals surface area (Å²) in [4.78, 5) is 27.7. The normalized spacial score (nSPS) is 12.7. The maximum absolute atomic E-state index is 13.5. The minimum Gasteiger partial charge on any atom is -0.350 e. The molecule has 0 aliphatic carbocycles. The minimum absolute atomic E-state index is 0.00478. The van der Waals surface area contributed by atoms with Crippen molar-refractivity contribution in [2.24, 2.45) is 0 Å². The molecule has 7 nitrogen and oxygen atoms in total. The summed E-state index contributed by atoms with van der Waals surface area (Å²) in [5.41, 5.74) is 0.274. The van der Waals surface area contributed by atoms with Gasteiger partial charge in [0.1, 0.15) is 12.6 Å². The lowest BCUT2D eigenvalue weighted by molar-refractivity contribution is -0.140. The molecule has 1 atom stereocenters. The van der Waals surface area contributed by atoms with Gasteiger partial charge in [-0.2, -0.15) is 0 Å². The van der Waals surface area contributed by atoms with Crippen LogP contribution in [0.15, 0.2) is 42.5 Å². The van der Waals surface area contributed by atoms with Crippen LogP contribution in [0.2, 0.25) is 15.1 Å². The number of benzene rings is 2. The first-order valence-electron chi connectivity index (χ1n) is 10.4. The van der Waals surface area contributed by atoms with Crippen LogP contribution in [0.4, 0.5) is 5.69 Å². The molecule has 0 heterocycles. The monoisotopic (exact) mass is 547 g/mol. The summed E-state index contributed by atoms with van der Waals surface area (Å²) in [7, 11) is -3.91. The topological polar surface area (TPSA) is 86.8 Å². The molecule has 0 bridgehead atoms. The quantitative estimate of drug-likeness (QED) is 0.516. The molecule has 0 aliphatic heterocycles. The zero-order valence-electron chi connectivity index (χ0n) is 19.6. The lowest BCUT2D eigenvalue weighted by atomic mass is 10.1. The van der Waals surface area contributed by atoms with Crippen molar-refractivity contribution in [3.63, 3.8) is 0 Å². The number of nitrogens with zero attached hydrogens (tertiary/aromatic N) is 2. The molecule has 0 unspecified atom stereocenters. The van der Waals surface area contributed by atoms with Crippen LogP contribution in [-0.2, 0) is 26.2 Å². The predicted octanol–water partition coefficient (Wildman–Crippen LogP) is 4.74. The number of halogens is 3. The van der Waals surface area contributed by atoms with Crippen molar-refractivity contribution >= 4 is 62.3 Å². The zero-order chi connectivity index (χ0) is 25.8. The van der Waals surface area contributed by atoms with Crippen LogP contribution in [0.25, 0.3) is 0 Å². The molecule has 0 fully saturated rings. The third kappa shape index (κ3) is 7.77. The number of hydrogen-bond acceptors (Lipinski definition) is 4. The third-order valence-corrected chi connectivity index (χ3v) is 7.00. The van der Waals surface area contributed by atoms with E-state index < -0.39 is 34.1 Å². The van der Waals surface area contributed by atoms with E-state index in [4.69, 9.17) is 34.8 Å². The molecule has 186 valence electrons. The van der Waals surface area contributed by atoms with Gasteiger partial charge in [-0.15, -0.1) is 0 Å². The molecule has 0 saturated carbocycles. The van der Waals surface area contributed by atoms with E-state index in [0.717, 1.165) is 16.1 Å². The predicted molar refractivity (Wildman–Crippen MR) is 138 cm³/mol. The number of sulfonamides is 1. The lowest BCUT2D eigenvalue weighted by Crippen LogP contribution is -2.54. The van der Waals surface area contributed by atoms with Crippen LogP contribution < -0.4 is 9.62 Å². The lowest BCUT2D eigenvalue weighted by Gasteiger charge is -2.33. The second-order valence-corrected chi connectivity index (χ2v) is 12.0. The van der Waals surface area contributed by atoms with Crippen molar-refractivity contribution in [1.82, 2.24) is 10.2 Å². The maximum atomic E-state index is 13.5. The van der Waals surface area contributed by atoms with E-state index in [2.05, 4.69) is 5.32 Å². The van der Waals surface area contributed by atoms with Crippen LogP contribution in [0.5, 0.6) is 0 Å². The fraction of sp³-hybridized carbons (Fsp3) is 0.391. The summed E-state index contributed by atoms with van der Waals surface area (Å²) >= 11 is 18.3. The highest BCUT2D eigenvalue weighted by molar-refractivity contribution is 7.92. The minimum atomic E-state index is -3.91. The third-order valence-electron chi connectivity index (χ3n) is 4.81. The number of carbonyl (C=O) groups excluding carboxylic acids is 2. The van der Waals surface area contributed by atoms with Crippen LogP contribution >= 0.6 is 34.8 Å². The highest BCUT2D eigenvalue weighted by atomic mass is 35.5. The van der Waals surface area contributed by atoms with E-state index in [-0.39, 0.29) is 28.2 Å². The highest BCUT2D eigenvalue weighted by Crippen LogP contribution is 2.33. The average molecular weight is 549 g/mol. The van der Waals surface area contributed by atoms with Crippen molar-refractivity contribution in [2.45, 2.75) is 45.8 Å². The van der Waals surface area contributed by atoms with Crippen molar-refractivity contribution < 1.29 is 18.0 Å². The van der Waals surface area contributed by atoms with Gasteiger partial charge in [-0.25, -0.2) is 8.42 Å². The Labute approximate surface area is 216 Å². The van der Waals surface area contributed by atoms with Gasteiger partial charge in [0.15, 0.2) is 0 Å². The number of hydrogen-bond donors (Lipinski definition) is 1. The first-order chi connectivity index (χ1) is 15.6. The molecule has 2 rings (SSSR count). The van der Waals surface area contributed by atoms with Crippen molar-refractivity contribution in [1.29, 1.82) is 0 Å². The average Bonchev–Trinajstić information content (AvgIpc) is 2.71. The Morgan fingerprint density at radius 3 is 2.15 bits per heavy atom. The number of nitrogens with one attached hydrogen (secondary N) is 1. The molecule has 34 heavy (non-hydrogen) atoms. The first kappa shape index (κ1) is 28.2. The Morgan fingerprint density at radius 2 is 1.62 bits per heavy atom. The molecule has 0 radical (unpaired) electrons. The summed E-state index contributed by atoms with van der Waals surface area (Å²) in [5.74, 6) is -0.963. The summed E-state index contributed by atoms with van der Waals surface area (Å²) in [6, 6.07) is 10.4. The van der Waals surface area contributed by atoms with Gasteiger partial charge in [0.25, 0.3) is 0 Å². The van der Waals surface area contributed by atoms with Gasteiger partial charge in [0.05, 0.1) is 22.0 Å². The Morgan fingerprint density at radius 1 is 1.03 bits per heavy atom. The molecule has 0 saturated heterocycles. The largest absolute Gasteiger partial charge is 0.350 e. The Bertz CT molecular complexity index is 1150. The van der Waals surface area contributed by atoms with Gasteiger partial charge in [-0.05, 0) is 57.5 Å². The molecule has 2 aromatic carbocycles. The van der Waals surface area contributed by atoms with Crippen LogP contribution in [0.3, 0.4) is 0 Å².